The van der Waals surface area contributed by atoms with E-state index in [0.29, 0.717) is 5.56 Å². The van der Waals surface area contributed by atoms with Crippen LogP contribution in [0.25, 0.3) is 10.9 Å². The topological polar surface area (TPSA) is 25.8 Å². The molecule has 1 heterocycles. The van der Waals surface area contributed by atoms with Gasteiger partial charge < -0.3 is 0 Å². The molecule has 2 nitrogen and oxygen atoms in total. The Balaban J connectivity index is 2.83. The molecule has 0 unspecified atom stereocenters. The van der Waals surface area contributed by atoms with E-state index in [-0.39, 0.29) is 0 Å². The summed E-state index contributed by atoms with van der Waals surface area (Å²) in [6.07, 6.45) is 1.48. The Bertz CT molecular complexity index is 505. The van der Waals surface area contributed by atoms with Gasteiger partial charge in [-0.25, -0.2) is 0 Å². The first kappa shape index (κ1) is 10.9. The molecular weight excluding hydrogens is 254 g/mol. The average molecular weight is 262 g/mol. The summed E-state index contributed by atoms with van der Waals surface area (Å²) in [5.41, 5.74) is 2.33. The summed E-state index contributed by atoms with van der Waals surface area (Å²) in [7, 11) is 0. The first-order chi connectivity index (χ1) is 7.00. The third kappa shape index (κ3) is 2.03. The lowest BCUT2D eigenvalue weighted by atomic mass is 10.1. The van der Waals surface area contributed by atoms with Crippen molar-refractivity contribution in [2.24, 2.45) is 0 Å². The molecule has 0 atom stereocenters. The largest absolute Gasteiger partial charge is 0.218 e. The van der Waals surface area contributed by atoms with E-state index < -0.39 is 3.79 Å². The van der Waals surface area contributed by atoms with Gasteiger partial charge >= 0.3 is 0 Å². The molecule has 0 aliphatic heterocycles. The van der Waals surface area contributed by atoms with E-state index in [0.717, 1.165) is 16.5 Å². The highest BCUT2D eigenvalue weighted by atomic mass is 35.6. The quantitative estimate of drug-likeness (QED) is 0.675. The van der Waals surface area contributed by atoms with Gasteiger partial charge in [-0.15, -0.1) is 0 Å². The van der Waals surface area contributed by atoms with Crippen molar-refractivity contribution in [1.29, 1.82) is 0 Å². The summed E-state index contributed by atoms with van der Waals surface area (Å²) in [6.45, 7) is 1.94. The summed E-state index contributed by atoms with van der Waals surface area (Å²) in [4.78, 5) is 0. The number of aromatic nitrogens is 2. The monoisotopic (exact) mass is 260 g/mol. The van der Waals surface area contributed by atoms with Crippen LogP contribution in [0.4, 0.5) is 0 Å². The van der Waals surface area contributed by atoms with Crippen molar-refractivity contribution in [2.45, 2.75) is 10.7 Å². The van der Waals surface area contributed by atoms with E-state index in [1.165, 1.54) is 6.20 Å². The van der Waals surface area contributed by atoms with Gasteiger partial charge in [0.25, 0.3) is 0 Å². The number of fused-ring (bicyclic) bond motifs is 1. The van der Waals surface area contributed by atoms with Crippen LogP contribution in [0.5, 0.6) is 0 Å². The second kappa shape index (κ2) is 3.78. The zero-order valence-electron chi connectivity index (χ0n) is 7.84. The van der Waals surface area contributed by atoms with Crippen LogP contribution in [0.1, 0.15) is 11.1 Å². The van der Waals surface area contributed by atoms with Gasteiger partial charge in [-0.2, -0.15) is 10.2 Å². The van der Waals surface area contributed by atoms with Crippen LogP contribution >= 0.6 is 34.8 Å². The first-order valence-corrected chi connectivity index (χ1v) is 5.42. The number of alkyl halides is 3. The minimum Gasteiger partial charge on any atom is -0.158 e. The lowest BCUT2D eigenvalue weighted by molar-refractivity contribution is 1.04. The molecule has 0 bridgehead atoms. The molecule has 0 aliphatic rings. The normalized spacial score (nSPS) is 12.0. The fourth-order valence-electron chi connectivity index (χ4n) is 1.45. The number of rotatable bonds is 0. The van der Waals surface area contributed by atoms with Crippen LogP contribution in [0.15, 0.2) is 24.4 Å². The number of hydrogen-bond acceptors (Lipinski definition) is 2. The van der Waals surface area contributed by atoms with Gasteiger partial charge in [-0.05, 0) is 12.5 Å². The zero-order valence-corrected chi connectivity index (χ0v) is 10.1. The van der Waals surface area contributed by atoms with Crippen molar-refractivity contribution in [1.82, 2.24) is 10.2 Å². The summed E-state index contributed by atoms with van der Waals surface area (Å²) in [5.74, 6) is 0. The molecule has 2 rings (SSSR count). The lowest BCUT2D eigenvalue weighted by Crippen LogP contribution is -2.03. The van der Waals surface area contributed by atoms with Crippen LogP contribution in [0.2, 0.25) is 0 Å². The molecule has 1 aromatic carbocycles. The molecule has 2 aromatic rings. The second-order valence-electron chi connectivity index (χ2n) is 3.23. The Hall–Kier alpha value is -0.570. The number of nitrogens with zero attached hydrogens (tertiary/aromatic N) is 2. The summed E-state index contributed by atoms with van der Waals surface area (Å²) in [6, 6.07) is 5.71. The first-order valence-electron chi connectivity index (χ1n) is 4.28. The molecule has 0 fully saturated rings. The van der Waals surface area contributed by atoms with Crippen LogP contribution in [0.3, 0.4) is 0 Å². The van der Waals surface area contributed by atoms with Crippen molar-refractivity contribution >= 4 is 45.7 Å². The van der Waals surface area contributed by atoms with Crippen molar-refractivity contribution in [3.8, 4) is 0 Å². The molecule has 78 valence electrons. The second-order valence-corrected chi connectivity index (χ2v) is 5.51. The highest BCUT2D eigenvalue weighted by Crippen LogP contribution is 2.40. The molecule has 0 N–H and O–H groups in total. The molecule has 0 amide bonds. The number of hydrogen-bond donors (Lipinski definition) is 0. The Morgan fingerprint density at radius 1 is 1.20 bits per heavy atom. The Morgan fingerprint density at radius 2 is 1.93 bits per heavy atom. The van der Waals surface area contributed by atoms with E-state index in [2.05, 4.69) is 10.2 Å². The van der Waals surface area contributed by atoms with Gasteiger partial charge in [0.2, 0.25) is 3.79 Å². The van der Waals surface area contributed by atoms with Crippen LogP contribution in [0, 0.1) is 6.92 Å². The number of halogens is 3. The summed E-state index contributed by atoms with van der Waals surface area (Å²) < 4.78 is -1.47. The van der Waals surface area contributed by atoms with Crippen molar-refractivity contribution in [3.63, 3.8) is 0 Å². The molecule has 0 saturated carbocycles. The van der Waals surface area contributed by atoms with Crippen LogP contribution in [-0.2, 0) is 3.79 Å². The third-order valence-corrected chi connectivity index (χ3v) is 2.79. The molecule has 0 radical (unpaired) electrons. The molecule has 1 aromatic heterocycles. The lowest BCUT2D eigenvalue weighted by Gasteiger charge is -2.13. The van der Waals surface area contributed by atoms with Crippen molar-refractivity contribution < 1.29 is 0 Å². The predicted molar refractivity (Wildman–Crippen MR) is 63.5 cm³/mol. The Morgan fingerprint density at radius 3 is 2.60 bits per heavy atom. The van der Waals surface area contributed by atoms with Gasteiger partial charge in [0.15, 0.2) is 0 Å². The minimum absolute atomic E-state index is 0.557. The van der Waals surface area contributed by atoms with Crippen molar-refractivity contribution in [3.05, 3.63) is 35.5 Å². The van der Waals surface area contributed by atoms with Crippen LogP contribution < -0.4 is 0 Å². The summed E-state index contributed by atoms with van der Waals surface area (Å²) in [5, 5.41) is 8.69. The molecule has 0 spiro atoms. The maximum absolute atomic E-state index is 5.85. The van der Waals surface area contributed by atoms with Gasteiger partial charge in [0, 0.05) is 10.9 Å². The van der Waals surface area contributed by atoms with E-state index in [1.807, 2.05) is 25.1 Å². The standard InChI is InChI=1S/C10H7Cl3N2/c1-6-3-2-4-7-8(10(11,12)13)5-14-15-9(6)7/h2-5H,1H3. The molecular formula is C10H7Cl3N2. The summed E-state index contributed by atoms with van der Waals surface area (Å²) >= 11 is 17.6. The molecule has 5 heteroatoms. The van der Waals surface area contributed by atoms with Gasteiger partial charge in [0.1, 0.15) is 0 Å². The maximum Gasteiger partial charge on any atom is 0.218 e. The van der Waals surface area contributed by atoms with Crippen molar-refractivity contribution in [2.75, 3.05) is 0 Å². The highest BCUT2D eigenvalue weighted by Gasteiger charge is 2.26. The molecule has 15 heavy (non-hydrogen) atoms. The SMILES string of the molecule is Cc1cccc2c(C(Cl)(Cl)Cl)cnnc12. The highest BCUT2D eigenvalue weighted by molar-refractivity contribution is 6.67. The Kier molecular flexibility index (Phi) is 2.75. The molecule has 0 saturated heterocycles. The van der Waals surface area contributed by atoms with E-state index in [9.17, 15) is 0 Å². The Labute approximate surface area is 102 Å². The third-order valence-electron chi connectivity index (χ3n) is 2.18. The predicted octanol–water partition coefficient (Wildman–Crippen LogP) is 3.76. The maximum atomic E-state index is 5.85. The fourth-order valence-corrected chi connectivity index (χ4v) is 1.90. The zero-order chi connectivity index (χ0) is 11.1. The van der Waals surface area contributed by atoms with E-state index in [1.54, 1.807) is 0 Å². The van der Waals surface area contributed by atoms with Crippen LogP contribution in [-0.4, -0.2) is 10.2 Å². The number of aryl methyl sites for hydroxylation is 1. The van der Waals surface area contributed by atoms with Gasteiger partial charge in [0.05, 0.1) is 11.7 Å². The van der Waals surface area contributed by atoms with E-state index in [4.69, 9.17) is 34.8 Å². The average Bonchev–Trinajstić information content (AvgIpc) is 2.16. The fraction of sp³-hybridized carbons (Fsp3) is 0.200. The van der Waals surface area contributed by atoms with E-state index >= 15 is 0 Å². The smallest absolute Gasteiger partial charge is 0.158 e. The minimum atomic E-state index is -1.47. The number of benzene rings is 1. The van der Waals surface area contributed by atoms with Gasteiger partial charge in [-0.1, -0.05) is 53.0 Å². The molecule has 0 aliphatic carbocycles. The van der Waals surface area contributed by atoms with Gasteiger partial charge in [-0.3, -0.25) is 0 Å².